The largest absolute Gasteiger partial charge is 0.389 e. The van der Waals surface area contributed by atoms with Crippen molar-refractivity contribution in [2.24, 2.45) is 5.92 Å². The summed E-state index contributed by atoms with van der Waals surface area (Å²) in [6, 6.07) is 0.436. The lowest BCUT2D eigenvalue weighted by molar-refractivity contribution is -0.0306. The molecule has 0 heterocycles. The van der Waals surface area contributed by atoms with Gasteiger partial charge in [-0.15, -0.1) is 0 Å². The molecule has 0 aromatic heterocycles. The van der Waals surface area contributed by atoms with E-state index in [0.29, 0.717) is 19.2 Å². The van der Waals surface area contributed by atoms with Gasteiger partial charge in [-0.1, -0.05) is 13.8 Å². The fourth-order valence-electron chi connectivity index (χ4n) is 1.32. The van der Waals surface area contributed by atoms with Crippen LogP contribution in [0.25, 0.3) is 0 Å². The van der Waals surface area contributed by atoms with Crippen LogP contribution in [0.2, 0.25) is 0 Å². The van der Waals surface area contributed by atoms with E-state index >= 15 is 0 Å². The minimum absolute atomic E-state index is 0.265. The van der Waals surface area contributed by atoms with Crippen molar-refractivity contribution in [3.05, 3.63) is 0 Å². The van der Waals surface area contributed by atoms with Crippen molar-refractivity contribution in [1.29, 1.82) is 0 Å². The van der Waals surface area contributed by atoms with E-state index in [1.807, 2.05) is 6.92 Å². The van der Waals surface area contributed by atoms with Crippen molar-refractivity contribution in [3.8, 4) is 0 Å². The van der Waals surface area contributed by atoms with E-state index in [2.05, 4.69) is 32.6 Å². The maximum absolute atomic E-state index is 10.2. The SMILES string of the molecule is COCCN(CC(C)(O)C(C)C)C(C)C. The molecule has 0 aliphatic heterocycles. The average Bonchev–Trinajstić information content (AvgIpc) is 2.11. The van der Waals surface area contributed by atoms with Crippen LogP contribution in [0.5, 0.6) is 0 Å². The second kappa shape index (κ2) is 6.46. The monoisotopic (exact) mass is 217 g/mol. The number of ether oxygens (including phenoxy) is 1. The maximum Gasteiger partial charge on any atom is 0.0768 e. The van der Waals surface area contributed by atoms with Gasteiger partial charge >= 0.3 is 0 Å². The smallest absolute Gasteiger partial charge is 0.0768 e. The number of hydrogen-bond donors (Lipinski definition) is 1. The maximum atomic E-state index is 10.2. The molecule has 0 fully saturated rings. The highest BCUT2D eigenvalue weighted by molar-refractivity contribution is 4.81. The standard InChI is InChI=1S/C12H27NO2/c1-10(2)12(5,14)9-13(11(3)4)7-8-15-6/h10-11,14H,7-9H2,1-6H3. The number of rotatable bonds is 7. The molecule has 0 aromatic carbocycles. The summed E-state index contributed by atoms with van der Waals surface area (Å²) >= 11 is 0. The highest BCUT2D eigenvalue weighted by atomic mass is 16.5. The molecule has 0 aliphatic rings. The van der Waals surface area contributed by atoms with Gasteiger partial charge in [0, 0.05) is 26.2 Å². The Balaban J connectivity index is 4.27. The molecular weight excluding hydrogens is 190 g/mol. The molecule has 0 saturated heterocycles. The molecule has 0 amide bonds. The average molecular weight is 217 g/mol. The zero-order valence-corrected chi connectivity index (χ0v) is 11.1. The highest BCUT2D eigenvalue weighted by Gasteiger charge is 2.28. The van der Waals surface area contributed by atoms with Crippen molar-refractivity contribution < 1.29 is 9.84 Å². The third kappa shape index (κ3) is 5.50. The minimum atomic E-state index is -0.627. The fraction of sp³-hybridized carbons (Fsp3) is 1.00. The zero-order chi connectivity index (χ0) is 12.1. The van der Waals surface area contributed by atoms with E-state index in [0.717, 1.165) is 6.54 Å². The Bertz CT molecular complexity index is 167. The van der Waals surface area contributed by atoms with E-state index < -0.39 is 5.60 Å². The molecule has 15 heavy (non-hydrogen) atoms. The Kier molecular flexibility index (Phi) is 6.41. The molecule has 1 unspecified atom stereocenters. The van der Waals surface area contributed by atoms with Crippen molar-refractivity contribution in [1.82, 2.24) is 4.90 Å². The third-order valence-electron chi connectivity index (χ3n) is 3.08. The first-order valence-electron chi connectivity index (χ1n) is 5.76. The van der Waals surface area contributed by atoms with Gasteiger partial charge < -0.3 is 9.84 Å². The van der Waals surface area contributed by atoms with Crippen LogP contribution >= 0.6 is 0 Å². The van der Waals surface area contributed by atoms with Crippen LogP contribution in [0.4, 0.5) is 0 Å². The summed E-state index contributed by atoms with van der Waals surface area (Å²) in [6.07, 6.45) is 0. The quantitative estimate of drug-likeness (QED) is 0.705. The fourth-order valence-corrected chi connectivity index (χ4v) is 1.32. The lowest BCUT2D eigenvalue weighted by Gasteiger charge is -2.36. The lowest BCUT2D eigenvalue weighted by atomic mass is 9.91. The molecule has 0 radical (unpaired) electrons. The summed E-state index contributed by atoms with van der Waals surface area (Å²) in [6.45, 7) is 12.6. The van der Waals surface area contributed by atoms with Crippen LogP contribution in [0, 0.1) is 5.92 Å². The Morgan fingerprint density at radius 2 is 1.80 bits per heavy atom. The van der Waals surface area contributed by atoms with Gasteiger partial charge in [0.2, 0.25) is 0 Å². The number of aliphatic hydroxyl groups is 1. The molecule has 3 heteroatoms. The van der Waals surface area contributed by atoms with Gasteiger partial charge in [-0.2, -0.15) is 0 Å². The third-order valence-corrected chi connectivity index (χ3v) is 3.08. The van der Waals surface area contributed by atoms with Crippen molar-refractivity contribution in [2.45, 2.75) is 46.3 Å². The van der Waals surface area contributed by atoms with E-state index in [-0.39, 0.29) is 5.92 Å². The van der Waals surface area contributed by atoms with Gasteiger partial charge in [0.15, 0.2) is 0 Å². The first-order chi connectivity index (χ1) is 6.81. The van der Waals surface area contributed by atoms with E-state index in [4.69, 9.17) is 4.74 Å². The van der Waals surface area contributed by atoms with Gasteiger partial charge in [0.1, 0.15) is 0 Å². The van der Waals surface area contributed by atoms with Crippen LogP contribution < -0.4 is 0 Å². The Labute approximate surface area is 94.4 Å². The van der Waals surface area contributed by atoms with Gasteiger partial charge in [0.05, 0.1) is 12.2 Å². The van der Waals surface area contributed by atoms with Crippen LogP contribution in [-0.4, -0.2) is 48.5 Å². The molecule has 0 aliphatic carbocycles. The molecule has 0 spiro atoms. The molecule has 3 nitrogen and oxygen atoms in total. The van der Waals surface area contributed by atoms with Crippen molar-refractivity contribution >= 4 is 0 Å². The second-order valence-corrected chi connectivity index (χ2v) is 5.07. The molecule has 1 N–H and O–H groups in total. The zero-order valence-electron chi connectivity index (χ0n) is 11.1. The summed E-state index contributed by atoms with van der Waals surface area (Å²) < 4.78 is 5.07. The van der Waals surface area contributed by atoms with Crippen molar-refractivity contribution in [2.75, 3.05) is 26.8 Å². The molecule has 1 atom stereocenters. The summed E-state index contributed by atoms with van der Waals surface area (Å²) in [5.41, 5.74) is -0.627. The van der Waals surface area contributed by atoms with Gasteiger partial charge in [0.25, 0.3) is 0 Å². The van der Waals surface area contributed by atoms with Crippen molar-refractivity contribution in [3.63, 3.8) is 0 Å². The van der Waals surface area contributed by atoms with Crippen LogP contribution in [-0.2, 0) is 4.74 Å². The summed E-state index contributed by atoms with van der Waals surface area (Å²) in [4.78, 5) is 2.25. The van der Waals surface area contributed by atoms with Crippen LogP contribution in [0.15, 0.2) is 0 Å². The van der Waals surface area contributed by atoms with Crippen LogP contribution in [0.1, 0.15) is 34.6 Å². The minimum Gasteiger partial charge on any atom is -0.389 e. The molecule has 0 bridgehead atoms. The normalized spacial score (nSPS) is 16.4. The first-order valence-corrected chi connectivity index (χ1v) is 5.76. The van der Waals surface area contributed by atoms with Crippen LogP contribution in [0.3, 0.4) is 0 Å². The number of methoxy groups -OCH3 is 1. The molecule has 0 rings (SSSR count). The first kappa shape index (κ1) is 14.9. The highest BCUT2D eigenvalue weighted by Crippen LogP contribution is 2.18. The van der Waals surface area contributed by atoms with Gasteiger partial charge in [-0.05, 0) is 26.7 Å². The second-order valence-electron chi connectivity index (χ2n) is 5.07. The Morgan fingerprint density at radius 3 is 2.13 bits per heavy atom. The number of nitrogens with zero attached hydrogens (tertiary/aromatic N) is 1. The molecule has 0 aromatic rings. The predicted molar refractivity (Wildman–Crippen MR) is 64.0 cm³/mol. The molecule has 92 valence electrons. The number of hydrogen-bond acceptors (Lipinski definition) is 3. The summed E-state index contributed by atoms with van der Waals surface area (Å²) in [5.74, 6) is 0.265. The Hall–Kier alpha value is -0.120. The van der Waals surface area contributed by atoms with E-state index in [1.165, 1.54) is 0 Å². The predicted octanol–water partition coefficient (Wildman–Crippen LogP) is 1.75. The summed E-state index contributed by atoms with van der Waals surface area (Å²) in [5, 5.41) is 10.2. The van der Waals surface area contributed by atoms with Gasteiger partial charge in [-0.3, -0.25) is 4.90 Å². The van der Waals surface area contributed by atoms with E-state index in [9.17, 15) is 5.11 Å². The van der Waals surface area contributed by atoms with E-state index in [1.54, 1.807) is 7.11 Å². The molecular formula is C12H27NO2. The van der Waals surface area contributed by atoms with Gasteiger partial charge in [-0.25, -0.2) is 0 Å². The Morgan fingerprint density at radius 1 is 1.27 bits per heavy atom. The topological polar surface area (TPSA) is 32.7 Å². The molecule has 0 saturated carbocycles. The summed E-state index contributed by atoms with van der Waals surface area (Å²) in [7, 11) is 1.71. The lowest BCUT2D eigenvalue weighted by Crippen LogP contribution is -2.48.